The zero-order chi connectivity index (χ0) is 8.43. The summed E-state index contributed by atoms with van der Waals surface area (Å²) in [5.41, 5.74) is 9.12. The van der Waals surface area contributed by atoms with E-state index in [1.807, 2.05) is 32.6 Å². The highest BCUT2D eigenvalue weighted by Crippen LogP contribution is 2.16. The summed E-state index contributed by atoms with van der Waals surface area (Å²) in [6, 6.07) is 0. The van der Waals surface area contributed by atoms with Crippen molar-refractivity contribution in [3.8, 4) is 0 Å². The fourth-order valence-corrected chi connectivity index (χ4v) is 1.08. The Labute approximate surface area is 66.6 Å². The van der Waals surface area contributed by atoms with Crippen molar-refractivity contribution < 1.29 is 0 Å². The molecule has 1 rings (SSSR count). The van der Waals surface area contributed by atoms with Gasteiger partial charge >= 0.3 is 0 Å². The molecule has 1 aromatic rings. The van der Waals surface area contributed by atoms with E-state index in [1.165, 1.54) is 0 Å². The smallest absolute Gasteiger partial charge is 0.0929 e. The van der Waals surface area contributed by atoms with Crippen molar-refractivity contribution in [2.75, 3.05) is 12.5 Å². The zero-order valence-corrected chi connectivity index (χ0v) is 7.39. The summed E-state index contributed by atoms with van der Waals surface area (Å²) in [5, 5.41) is 4.24. The highest BCUT2D eigenvalue weighted by Gasteiger charge is 2.06. The number of hydrazine groups is 1. The van der Waals surface area contributed by atoms with Gasteiger partial charge in [-0.05, 0) is 13.8 Å². The monoisotopic (exact) mass is 154 g/mol. The molecule has 2 N–H and O–H groups in total. The molecular formula is C7H14N4. The number of aromatic nitrogens is 2. The lowest BCUT2D eigenvalue weighted by atomic mass is 10.3. The van der Waals surface area contributed by atoms with Gasteiger partial charge in [0.2, 0.25) is 0 Å². The minimum absolute atomic E-state index is 1.01. The molecule has 0 spiro atoms. The van der Waals surface area contributed by atoms with Crippen molar-refractivity contribution in [3.05, 3.63) is 11.4 Å². The molecule has 0 saturated carbocycles. The second-order valence-electron chi connectivity index (χ2n) is 2.54. The number of nitrogens with zero attached hydrogens (tertiary/aromatic N) is 2. The van der Waals surface area contributed by atoms with Gasteiger partial charge < -0.3 is 5.43 Å². The van der Waals surface area contributed by atoms with Gasteiger partial charge in [0.15, 0.2) is 0 Å². The van der Waals surface area contributed by atoms with Gasteiger partial charge in [0.05, 0.1) is 17.1 Å². The maximum absolute atomic E-state index is 4.24. The highest BCUT2D eigenvalue weighted by molar-refractivity contribution is 5.50. The van der Waals surface area contributed by atoms with E-state index in [0.29, 0.717) is 0 Å². The Kier molecular flexibility index (Phi) is 2.14. The Morgan fingerprint density at radius 2 is 2.00 bits per heavy atom. The normalized spacial score (nSPS) is 10.2. The Hall–Kier alpha value is -1.03. The number of rotatable bonds is 2. The van der Waals surface area contributed by atoms with Crippen LogP contribution in [0.4, 0.5) is 5.69 Å². The average molecular weight is 154 g/mol. The minimum atomic E-state index is 1.01. The Balaban J connectivity index is 3.02. The van der Waals surface area contributed by atoms with Crippen LogP contribution in [0.15, 0.2) is 0 Å². The van der Waals surface area contributed by atoms with Crippen molar-refractivity contribution in [1.82, 2.24) is 15.2 Å². The molecule has 0 aromatic carbocycles. The number of aryl methyl sites for hydroxylation is 2. The third-order valence-electron chi connectivity index (χ3n) is 1.76. The second-order valence-corrected chi connectivity index (χ2v) is 2.54. The maximum Gasteiger partial charge on any atom is 0.0929 e. The van der Waals surface area contributed by atoms with Crippen molar-refractivity contribution >= 4 is 5.69 Å². The van der Waals surface area contributed by atoms with Gasteiger partial charge in [-0.2, -0.15) is 5.10 Å². The maximum atomic E-state index is 4.24. The molecule has 0 bridgehead atoms. The number of nitrogens with one attached hydrogen (secondary N) is 2. The van der Waals surface area contributed by atoms with Gasteiger partial charge in [0.25, 0.3) is 0 Å². The lowest BCUT2D eigenvalue weighted by Crippen LogP contribution is -2.16. The topological polar surface area (TPSA) is 41.9 Å². The summed E-state index contributed by atoms with van der Waals surface area (Å²) in [4.78, 5) is 0. The number of hydrogen-bond acceptors (Lipinski definition) is 3. The first kappa shape index (κ1) is 8.07. The van der Waals surface area contributed by atoms with E-state index in [1.54, 1.807) is 0 Å². The second kappa shape index (κ2) is 2.92. The molecule has 1 heterocycles. The summed E-state index contributed by atoms with van der Waals surface area (Å²) >= 11 is 0. The molecular weight excluding hydrogens is 140 g/mol. The third-order valence-corrected chi connectivity index (χ3v) is 1.76. The fraction of sp³-hybridized carbons (Fsp3) is 0.571. The van der Waals surface area contributed by atoms with Crippen LogP contribution < -0.4 is 10.9 Å². The summed E-state index contributed by atoms with van der Waals surface area (Å²) in [6.45, 7) is 4.01. The lowest BCUT2D eigenvalue weighted by molar-refractivity contribution is 0.731. The molecule has 11 heavy (non-hydrogen) atoms. The van der Waals surface area contributed by atoms with Crippen LogP contribution in [0, 0.1) is 13.8 Å². The van der Waals surface area contributed by atoms with Gasteiger partial charge in [-0.1, -0.05) is 0 Å². The quantitative estimate of drug-likeness (QED) is 0.612. The van der Waals surface area contributed by atoms with Crippen LogP contribution >= 0.6 is 0 Å². The van der Waals surface area contributed by atoms with Gasteiger partial charge in [-0.15, -0.1) is 0 Å². The van der Waals surface area contributed by atoms with E-state index >= 15 is 0 Å². The molecule has 0 fully saturated rings. The molecule has 62 valence electrons. The summed E-state index contributed by atoms with van der Waals surface area (Å²) in [6.07, 6.45) is 0. The SMILES string of the molecule is CNNc1c(C)nn(C)c1C. The first-order valence-corrected chi connectivity index (χ1v) is 3.59. The summed E-state index contributed by atoms with van der Waals surface area (Å²) < 4.78 is 1.86. The van der Waals surface area contributed by atoms with Crippen LogP contribution in [0.25, 0.3) is 0 Å². The van der Waals surface area contributed by atoms with Gasteiger partial charge in [0.1, 0.15) is 0 Å². The zero-order valence-electron chi connectivity index (χ0n) is 7.39. The third kappa shape index (κ3) is 1.35. The van der Waals surface area contributed by atoms with Crippen LogP contribution in [0.1, 0.15) is 11.4 Å². The predicted octanol–water partition coefficient (Wildman–Crippen LogP) is 0.583. The fourth-order valence-electron chi connectivity index (χ4n) is 1.08. The minimum Gasteiger partial charge on any atom is -0.318 e. The van der Waals surface area contributed by atoms with Crippen LogP contribution in [0.3, 0.4) is 0 Å². The van der Waals surface area contributed by atoms with Gasteiger partial charge in [-0.3, -0.25) is 4.68 Å². The molecule has 1 aromatic heterocycles. The standard InChI is InChI=1S/C7H14N4/c1-5-7(9-8-3)6(2)11(4)10-5/h8-9H,1-4H3. The largest absolute Gasteiger partial charge is 0.318 e. The van der Waals surface area contributed by atoms with Crippen molar-refractivity contribution in [2.24, 2.45) is 7.05 Å². The van der Waals surface area contributed by atoms with Gasteiger partial charge in [0, 0.05) is 14.1 Å². The van der Waals surface area contributed by atoms with Crippen LogP contribution in [-0.4, -0.2) is 16.8 Å². The molecule has 0 aliphatic rings. The molecule has 0 amide bonds. The molecule has 0 atom stereocenters. The summed E-state index contributed by atoms with van der Waals surface area (Å²) in [5.74, 6) is 0. The van der Waals surface area contributed by atoms with E-state index in [-0.39, 0.29) is 0 Å². The van der Waals surface area contributed by atoms with E-state index in [4.69, 9.17) is 0 Å². The first-order chi connectivity index (χ1) is 5.16. The van der Waals surface area contributed by atoms with E-state index in [0.717, 1.165) is 17.1 Å². The molecule has 0 radical (unpaired) electrons. The Morgan fingerprint density at radius 1 is 1.36 bits per heavy atom. The van der Waals surface area contributed by atoms with Crippen molar-refractivity contribution in [1.29, 1.82) is 0 Å². The molecule has 0 aliphatic carbocycles. The summed E-state index contributed by atoms with van der Waals surface area (Å²) in [7, 11) is 3.77. The van der Waals surface area contributed by atoms with Crippen molar-refractivity contribution in [3.63, 3.8) is 0 Å². The van der Waals surface area contributed by atoms with E-state index < -0.39 is 0 Å². The molecule has 4 heteroatoms. The molecule has 0 saturated heterocycles. The van der Waals surface area contributed by atoms with Crippen LogP contribution in [0.2, 0.25) is 0 Å². The first-order valence-electron chi connectivity index (χ1n) is 3.59. The van der Waals surface area contributed by atoms with Crippen molar-refractivity contribution in [2.45, 2.75) is 13.8 Å². The highest BCUT2D eigenvalue weighted by atomic mass is 15.4. The van der Waals surface area contributed by atoms with Crippen LogP contribution in [-0.2, 0) is 7.05 Å². The number of anilines is 1. The Morgan fingerprint density at radius 3 is 2.36 bits per heavy atom. The van der Waals surface area contributed by atoms with E-state index in [9.17, 15) is 0 Å². The molecule has 0 aliphatic heterocycles. The van der Waals surface area contributed by atoms with E-state index in [2.05, 4.69) is 16.0 Å². The predicted molar refractivity (Wildman–Crippen MR) is 45.4 cm³/mol. The lowest BCUT2D eigenvalue weighted by Gasteiger charge is -2.02. The Bertz CT molecular complexity index is 251. The molecule has 4 nitrogen and oxygen atoms in total. The van der Waals surface area contributed by atoms with Gasteiger partial charge in [-0.25, -0.2) is 5.43 Å². The van der Waals surface area contributed by atoms with Crippen LogP contribution in [0.5, 0.6) is 0 Å². The number of hydrogen-bond donors (Lipinski definition) is 2. The average Bonchev–Trinajstić information content (AvgIpc) is 2.17. The molecule has 0 unspecified atom stereocenters.